The van der Waals surface area contributed by atoms with Crippen LogP contribution in [0.1, 0.15) is 5.56 Å². The van der Waals surface area contributed by atoms with Crippen LogP contribution in [-0.2, 0) is 11.2 Å². The molecule has 0 unspecified atom stereocenters. The fourth-order valence-electron chi connectivity index (χ4n) is 1.49. The SMILES string of the molecule is C=CCc1ccccc1OCCN(C)C(=O)CCl. The molecule has 0 saturated heterocycles. The second-order valence-corrected chi connectivity index (χ2v) is 4.17. The number of likely N-dealkylation sites (N-methyl/N-ethyl adjacent to an activating group) is 1. The molecule has 0 spiro atoms. The molecule has 18 heavy (non-hydrogen) atoms. The van der Waals surface area contributed by atoms with E-state index in [4.69, 9.17) is 16.3 Å². The summed E-state index contributed by atoms with van der Waals surface area (Å²) in [5, 5.41) is 0. The summed E-state index contributed by atoms with van der Waals surface area (Å²) in [6, 6.07) is 7.82. The normalized spacial score (nSPS) is 9.89. The molecular weight excluding hydrogens is 250 g/mol. The van der Waals surface area contributed by atoms with Crippen molar-refractivity contribution in [3.63, 3.8) is 0 Å². The Kier molecular flexibility index (Phi) is 6.29. The van der Waals surface area contributed by atoms with Gasteiger partial charge in [-0.05, 0) is 18.1 Å². The maximum Gasteiger partial charge on any atom is 0.237 e. The number of nitrogens with zero attached hydrogens (tertiary/aromatic N) is 1. The quantitative estimate of drug-likeness (QED) is 0.561. The molecule has 1 aromatic rings. The third-order valence-corrected chi connectivity index (χ3v) is 2.79. The molecule has 3 nitrogen and oxygen atoms in total. The van der Waals surface area contributed by atoms with Gasteiger partial charge in [0.2, 0.25) is 5.91 Å². The van der Waals surface area contributed by atoms with Gasteiger partial charge in [-0.15, -0.1) is 18.2 Å². The van der Waals surface area contributed by atoms with E-state index in [0.29, 0.717) is 13.2 Å². The molecule has 1 amide bonds. The molecule has 0 aliphatic heterocycles. The maximum atomic E-state index is 11.2. The Bertz CT molecular complexity index is 407. The van der Waals surface area contributed by atoms with Gasteiger partial charge in [0.1, 0.15) is 18.2 Å². The van der Waals surface area contributed by atoms with Gasteiger partial charge < -0.3 is 9.64 Å². The van der Waals surface area contributed by atoms with Crippen LogP contribution < -0.4 is 4.74 Å². The lowest BCUT2D eigenvalue weighted by Crippen LogP contribution is -2.31. The smallest absolute Gasteiger partial charge is 0.237 e. The minimum atomic E-state index is -0.0976. The van der Waals surface area contributed by atoms with Crippen LogP contribution in [0.5, 0.6) is 5.75 Å². The van der Waals surface area contributed by atoms with Gasteiger partial charge in [0.25, 0.3) is 0 Å². The van der Waals surface area contributed by atoms with Crippen molar-refractivity contribution in [1.29, 1.82) is 0 Å². The van der Waals surface area contributed by atoms with E-state index in [2.05, 4.69) is 6.58 Å². The highest BCUT2D eigenvalue weighted by molar-refractivity contribution is 6.27. The summed E-state index contributed by atoms with van der Waals surface area (Å²) in [6.45, 7) is 4.69. The van der Waals surface area contributed by atoms with Gasteiger partial charge in [0.05, 0.1) is 6.54 Å². The van der Waals surface area contributed by atoms with Gasteiger partial charge in [-0.2, -0.15) is 0 Å². The van der Waals surface area contributed by atoms with E-state index in [1.807, 2.05) is 30.3 Å². The van der Waals surface area contributed by atoms with Crippen LogP contribution >= 0.6 is 11.6 Å². The predicted octanol–water partition coefficient (Wildman–Crippen LogP) is 2.49. The van der Waals surface area contributed by atoms with Crippen molar-refractivity contribution in [3.8, 4) is 5.75 Å². The minimum absolute atomic E-state index is 0.00352. The second kappa shape index (κ2) is 7.77. The zero-order valence-corrected chi connectivity index (χ0v) is 11.3. The first kappa shape index (κ1) is 14.6. The molecule has 0 atom stereocenters. The maximum absolute atomic E-state index is 11.2. The van der Waals surface area contributed by atoms with Gasteiger partial charge in [0, 0.05) is 7.05 Å². The van der Waals surface area contributed by atoms with Crippen LogP contribution in [0, 0.1) is 0 Å². The molecule has 1 rings (SSSR count). The molecule has 0 fully saturated rings. The third kappa shape index (κ3) is 4.41. The van der Waals surface area contributed by atoms with Crippen molar-refractivity contribution in [2.45, 2.75) is 6.42 Å². The Hall–Kier alpha value is -1.48. The fraction of sp³-hybridized carbons (Fsp3) is 0.357. The summed E-state index contributed by atoms with van der Waals surface area (Å²) >= 11 is 5.47. The zero-order valence-electron chi connectivity index (χ0n) is 10.6. The number of rotatable bonds is 7. The third-order valence-electron chi connectivity index (χ3n) is 2.56. The van der Waals surface area contributed by atoms with Crippen LogP contribution in [0.3, 0.4) is 0 Å². The van der Waals surface area contributed by atoms with Crippen molar-refractivity contribution < 1.29 is 9.53 Å². The highest BCUT2D eigenvalue weighted by Crippen LogP contribution is 2.18. The van der Waals surface area contributed by atoms with Crippen LogP contribution in [0.2, 0.25) is 0 Å². The molecule has 98 valence electrons. The lowest BCUT2D eigenvalue weighted by Gasteiger charge is -2.17. The monoisotopic (exact) mass is 267 g/mol. The standard InChI is InChI=1S/C14H18ClNO2/c1-3-6-12-7-4-5-8-13(12)18-10-9-16(2)14(17)11-15/h3-5,7-8H,1,6,9-11H2,2H3. The van der Waals surface area contributed by atoms with Crippen molar-refractivity contribution in [2.75, 3.05) is 26.1 Å². The Balaban J connectivity index is 2.48. The summed E-state index contributed by atoms with van der Waals surface area (Å²) < 4.78 is 5.67. The number of para-hydroxylation sites is 1. The summed E-state index contributed by atoms with van der Waals surface area (Å²) in [6.07, 6.45) is 2.61. The van der Waals surface area contributed by atoms with E-state index in [1.165, 1.54) is 0 Å². The number of carbonyl (C=O) groups excluding carboxylic acids is 1. The average molecular weight is 268 g/mol. The Labute approximate surface area is 113 Å². The second-order valence-electron chi connectivity index (χ2n) is 3.90. The number of hydrogen-bond acceptors (Lipinski definition) is 2. The van der Waals surface area contributed by atoms with E-state index >= 15 is 0 Å². The molecule has 0 aliphatic carbocycles. The predicted molar refractivity (Wildman–Crippen MR) is 74.2 cm³/mol. The summed E-state index contributed by atoms with van der Waals surface area (Å²) in [4.78, 5) is 12.8. The topological polar surface area (TPSA) is 29.5 Å². The number of alkyl halides is 1. The van der Waals surface area contributed by atoms with Crippen molar-refractivity contribution in [3.05, 3.63) is 42.5 Å². The Morgan fingerprint density at radius 1 is 1.50 bits per heavy atom. The highest BCUT2D eigenvalue weighted by Gasteiger charge is 2.07. The van der Waals surface area contributed by atoms with Crippen molar-refractivity contribution in [2.24, 2.45) is 0 Å². The number of hydrogen-bond donors (Lipinski definition) is 0. The molecule has 0 radical (unpaired) electrons. The van der Waals surface area contributed by atoms with Crippen molar-refractivity contribution in [1.82, 2.24) is 4.90 Å². The van der Waals surface area contributed by atoms with Gasteiger partial charge in [-0.3, -0.25) is 4.79 Å². The van der Waals surface area contributed by atoms with Gasteiger partial charge >= 0.3 is 0 Å². The lowest BCUT2D eigenvalue weighted by atomic mass is 10.1. The molecule has 1 aromatic carbocycles. The van der Waals surface area contributed by atoms with Gasteiger partial charge in [0.15, 0.2) is 0 Å². The molecule has 0 aromatic heterocycles. The summed E-state index contributed by atoms with van der Waals surface area (Å²) in [5.41, 5.74) is 1.10. The van der Waals surface area contributed by atoms with E-state index < -0.39 is 0 Å². The highest BCUT2D eigenvalue weighted by atomic mass is 35.5. The lowest BCUT2D eigenvalue weighted by molar-refractivity contribution is -0.127. The molecule has 0 aliphatic rings. The Morgan fingerprint density at radius 3 is 2.89 bits per heavy atom. The Morgan fingerprint density at radius 2 is 2.22 bits per heavy atom. The van der Waals surface area contributed by atoms with Crippen LogP contribution in [-0.4, -0.2) is 36.9 Å². The molecule has 0 N–H and O–H groups in total. The minimum Gasteiger partial charge on any atom is -0.491 e. The van der Waals surface area contributed by atoms with Gasteiger partial charge in [-0.1, -0.05) is 24.3 Å². The van der Waals surface area contributed by atoms with E-state index in [0.717, 1.165) is 17.7 Å². The van der Waals surface area contributed by atoms with Crippen LogP contribution in [0.25, 0.3) is 0 Å². The number of halogens is 1. The number of ether oxygens (including phenoxy) is 1. The first-order valence-corrected chi connectivity index (χ1v) is 6.34. The first-order chi connectivity index (χ1) is 8.69. The van der Waals surface area contributed by atoms with Gasteiger partial charge in [-0.25, -0.2) is 0 Å². The average Bonchev–Trinajstić information content (AvgIpc) is 2.40. The fourth-order valence-corrected chi connectivity index (χ4v) is 1.69. The largest absolute Gasteiger partial charge is 0.491 e. The van der Waals surface area contributed by atoms with E-state index in [9.17, 15) is 4.79 Å². The number of allylic oxidation sites excluding steroid dienone is 1. The van der Waals surface area contributed by atoms with E-state index in [-0.39, 0.29) is 11.8 Å². The number of benzene rings is 1. The van der Waals surface area contributed by atoms with Crippen LogP contribution in [0.4, 0.5) is 0 Å². The molecule has 0 bridgehead atoms. The molecule has 0 heterocycles. The number of amides is 1. The summed E-state index contributed by atoms with van der Waals surface area (Å²) in [7, 11) is 1.71. The molecule has 4 heteroatoms. The summed E-state index contributed by atoms with van der Waals surface area (Å²) in [5.74, 6) is 0.743. The zero-order chi connectivity index (χ0) is 13.4. The van der Waals surface area contributed by atoms with Crippen LogP contribution in [0.15, 0.2) is 36.9 Å². The van der Waals surface area contributed by atoms with E-state index in [1.54, 1.807) is 11.9 Å². The van der Waals surface area contributed by atoms with Crippen molar-refractivity contribution >= 4 is 17.5 Å². The molecular formula is C14H18ClNO2. The number of carbonyl (C=O) groups is 1. The molecule has 0 saturated carbocycles. The first-order valence-electron chi connectivity index (χ1n) is 5.80.